The van der Waals surface area contributed by atoms with E-state index in [1.54, 1.807) is 29.9 Å². The van der Waals surface area contributed by atoms with Gasteiger partial charge in [-0.05, 0) is 18.6 Å². The number of aryl methyl sites for hydroxylation is 1. The van der Waals surface area contributed by atoms with E-state index in [1.807, 2.05) is 0 Å². The number of aromatic nitrogens is 2. The lowest BCUT2D eigenvalue weighted by Gasteiger charge is -2.02. The van der Waals surface area contributed by atoms with E-state index in [2.05, 4.69) is 4.98 Å². The van der Waals surface area contributed by atoms with Crippen LogP contribution in [0.5, 0.6) is 5.75 Å². The van der Waals surface area contributed by atoms with Crippen molar-refractivity contribution in [2.24, 2.45) is 0 Å². The second-order valence-electron chi connectivity index (χ2n) is 3.63. The molecule has 16 heavy (non-hydrogen) atoms. The maximum absolute atomic E-state index is 11.6. The first-order chi connectivity index (χ1) is 7.72. The summed E-state index contributed by atoms with van der Waals surface area (Å²) in [7, 11) is 1.63. The highest BCUT2D eigenvalue weighted by Gasteiger charge is 2.06. The minimum atomic E-state index is -0.156. The number of ether oxygens (including phenoxy) is 1. The summed E-state index contributed by atoms with van der Waals surface area (Å²) in [6, 6.07) is 4.85. The molecule has 0 amide bonds. The van der Waals surface area contributed by atoms with Crippen LogP contribution in [0.15, 0.2) is 23.0 Å². The first-order valence-electron chi connectivity index (χ1n) is 5.13. The summed E-state index contributed by atoms with van der Waals surface area (Å²) in [5.41, 5.74) is 1.30. The molecule has 0 saturated carbocycles. The summed E-state index contributed by atoms with van der Waals surface area (Å²) in [6.07, 6.45) is 0.782. The predicted molar refractivity (Wildman–Crippen MR) is 60.7 cm³/mol. The molecule has 86 valence electrons. The molecule has 0 bridgehead atoms. The van der Waals surface area contributed by atoms with E-state index in [-0.39, 0.29) is 11.4 Å². The molecule has 1 heterocycles. The van der Waals surface area contributed by atoms with Crippen LogP contribution in [-0.2, 0) is 11.3 Å². The third-order valence-corrected chi connectivity index (χ3v) is 2.49. The third-order valence-electron chi connectivity index (χ3n) is 2.49. The van der Waals surface area contributed by atoms with Gasteiger partial charge < -0.3 is 14.8 Å². The lowest BCUT2D eigenvalue weighted by molar-refractivity contribution is 0.190. The van der Waals surface area contributed by atoms with Crippen LogP contribution in [0.4, 0.5) is 0 Å². The van der Waals surface area contributed by atoms with Gasteiger partial charge in [0.1, 0.15) is 5.75 Å². The summed E-state index contributed by atoms with van der Waals surface area (Å²) >= 11 is 0. The Balaban J connectivity index is 2.36. The number of imidazole rings is 1. The minimum absolute atomic E-state index is 0.151. The van der Waals surface area contributed by atoms with E-state index < -0.39 is 0 Å². The Hall–Kier alpha value is -1.75. The van der Waals surface area contributed by atoms with Crippen LogP contribution in [-0.4, -0.2) is 28.4 Å². The average Bonchev–Trinajstić information content (AvgIpc) is 2.55. The summed E-state index contributed by atoms with van der Waals surface area (Å²) in [5, 5.41) is 9.29. The third kappa shape index (κ3) is 1.94. The van der Waals surface area contributed by atoms with Crippen molar-refractivity contribution in [2.45, 2.75) is 13.0 Å². The van der Waals surface area contributed by atoms with Gasteiger partial charge >= 0.3 is 5.69 Å². The number of methoxy groups -OCH3 is 1. The van der Waals surface area contributed by atoms with Crippen LogP contribution in [0.25, 0.3) is 11.0 Å². The number of aromatic amines is 1. The number of nitrogens with zero attached hydrogens (tertiary/aromatic N) is 1. The van der Waals surface area contributed by atoms with Crippen LogP contribution in [0.3, 0.4) is 0 Å². The van der Waals surface area contributed by atoms with Crippen LogP contribution in [0.2, 0.25) is 0 Å². The Morgan fingerprint density at radius 3 is 3.06 bits per heavy atom. The van der Waals surface area contributed by atoms with Crippen molar-refractivity contribution in [1.29, 1.82) is 0 Å². The molecule has 0 aliphatic heterocycles. The number of H-pyrrole nitrogens is 1. The van der Waals surface area contributed by atoms with Gasteiger partial charge in [0.25, 0.3) is 0 Å². The molecule has 1 aromatic heterocycles. The summed E-state index contributed by atoms with van der Waals surface area (Å²) in [5.74, 6) is 0.151. The van der Waals surface area contributed by atoms with Gasteiger partial charge in [0.15, 0.2) is 0 Å². The lowest BCUT2D eigenvalue weighted by atomic mass is 10.3. The fraction of sp³-hybridized carbons (Fsp3) is 0.364. The zero-order valence-corrected chi connectivity index (χ0v) is 9.06. The quantitative estimate of drug-likeness (QED) is 0.760. The highest BCUT2D eigenvalue weighted by molar-refractivity contribution is 5.76. The monoisotopic (exact) mass is 222 g/mol. The van der Waals surface area contributed by atoms with Crippen molar-refractivity contribution in [3.63, 3.8) is 0 Å². The molecule has 1 aromatic carbocycles. The second-order valence-corrected chi connectivity index (χ2v) is 3.63. The number of nitrogens with one attached hydrogen (secondary N) is 1. The van der Waals surface area contributed by atoms with Crippen molar-refractivity contribution < 1.29 is 9.84 Å². The van der Waals surface area contributed by atoms with Crippen LogP contribution >= 0.6 is 0 Å². The number of fused-ring (bicyclic) bond motifs is 1. The van der Waals surface area contributed by atoms with Crippen LogP contribution in [0.1, 0.15) is 6.42 Å². The fourth-order valence-electron chi connectivity index (χ4n) is 1.74. The Kier molecular flexibility index (Phi) is 2.96. The van der Waals surface area contributed by atoms with Crippen molar-refractivity contribution in [2.75, 3.05) is 13.7 Å². The SMILES string of the molecule is COCCCn1c(=O)[nH]c2cc(O)ccc21. The standard InChI is InChI=1S/C11H14N2O3/c1-16-6-2-5-13-10-4-3-8(14)7-9(10)12-11(13)15/h3-4,7,14H,2,5-6H2,1H3,(H,12,15). The van der Waals surface area contributed by atoms with Crippen LogP contribution in [0, 0.1) is 0 Å². The van der Waals surface area contributed by atoms with Crippen LogP contribution < -0.4 is 5.69 Å². The highest BCUT2D eigenvalue weighted by Crippen LogP contribution is 2.16. The average molecular weight is 222 g/mol. The number of rotatable bonds is 4. The van der Waals surface area contributed by atoms with Gasteiger partial charge in [-0.3, -0.25) is 4.57 Å². The topological polar surface area (TPSA) is 67.2 Å². The molecule has 0 spiro atoms. The van der Waals surface area contributed by atoms with E-state index in [0.717, 1.165) is 11.9 Å². The molecule has 0 aliphatic rings. The molecule has 0 fully saturated rings. The molecule has 5 heteroatoms. The fourth-order valence-corrected chi connectivity index (χ4v) is 1.74. The van der Waals surface area contributed by atoms with E-state index in [0.29, 0.717) is 18.7 Å². The molecular weight excluding hydrogens is 208 g/mol. The van der Waals surface area contributed by atoms with E-state index in [1.165, 1.54) is 0 Å². The van der Waals surface area contributed by atoms with Crippen molar-refractivity contribution in [3.05, 3.63) is 28.7 Å². The summed E-state index contributed by atoms with van der Waals surface area (Å²) in [6.45, 7) is 1.23. The molecule has 0 aliphatic carbocycles. The Bertz CT molecular complexity index is 542. The molecule has 2 N–H and O–H groups in total. The second kappa shape index (κ2) is 4.40. The number of aromatic hydroxyl groups is 1. The molecule has 0 saturated heterocycles. The van der Waals surface area contributed by atoms with Gasteiger partial charge in [-0.25, -0.2) is 4.79 Å². The number of hydrogen-bond acceptors (Lipinski definition) is 3. The molecule has 2 aromatic rings. The van der Waals surface area contributed by atoms with Gasteiger partial charge in [-0.1, -0.05) is 0 Å². The normalized spacial score (nSPS) is 11.1. The number of phenolic OH excluding ortho intramolecular Hbond substituents is 1. The van der Waals surface area contributed by atoms with Crippen molar-refractivity contribution in [1.82, 2.24) is 9.55 Å². The first-order valence-corrected chi connectivity index (χ1v) is 5.13. The zero-order valence-electron chi connectivity index (χ0n) is 9.06. The molecule has 5 nitrogen and oxygen atoms in total. The van der Waals surface area contributed by atoms with Crippen molar-refractivity contribution in [3.8, 4) is 5.75 Å². The van der Waals surface area contributed by atoms with Gasteiger partial charge in [-0.15, -0.1) is 0 Å². The highest BCUT2D eigenvalue weighted by atomic mass is 16.5. The van der Waals surface area contributed by atoms with Crippen molar-refractivity contribution >= 4 is 11.0 Å². The van der Waals surface area contributed by atoms with Gasteiger partial charge in [0, 0.05) is 26.3 Å². The lowest BCUT2D eigenvalue weighted by Crippen LogP contribution is -2.17. The molecule has 0 atom stereocenters. The molecule has 2 rings (SSSR count). The van der Waals surface area contributed by atoms with E-state index >= 15 is 0 Å². The smallest absolute Gasteiger partial charge is 0.326 e. The molecule has 0 unspecified atom stereocenters. The number of phenols is 1. The largest absolute Gasteiger partial charge is 0.508 e. The first kappa shape index (κ1) is 10.8. The molecular formula is C11H14N2O3. The Labute approximate surface area is 92.3 Å². The zero-order chi connectivity index (χ0) is 11.5. The Morgan fingerprint density at radius 1 is 1.50 bits per heavy atom. The maximum atomic E-state index is 11.6. The predicted octanol–water partition coefficient (Wildman–Crippen LogP) is 1.07. The van der Waals surface area contributed by atoms with Gasteiger partial charge in [0.05, 0.1) is 11.0 Å². The maximum Gasteiger partial charge on any atom is 0.326 e. The Morgan fingerprint density at radius 2 is 2.31 bits per heavy atom. The van der Waals surface area contributed by atoms with E-state index in [4.69, 9.17) is 4.74 Å². The number of benzene rings is 1. The molecule has 0 radical (unpaired) electrons. The van der Waals surface area contributed by atoms with Gasteiger partial charge in [0.2, 0.25) is 0 Å². The summed E-state index contributed by atoms with van der Waals surface area (Å²) in [4.78, 5) is 14.3. The minimum Gasteiger partial charge on any atom is -0.508 e. The van der Waals surface area contributed by atoms with E-state index in [9.17, 15) is 9.90 Å². The van der Waals surface area contributed by atoms with Gasteiger partial charge in [-0.2, -0.15) is 0 Å². The number of hydrogen-bond donors (Lipinski definition) is 2. The summed E-state index contributed by atoms with van der Waals surface area (Å²) < 4.78 is 6.59.